The standard InChI is InChI=1S/C19H11ClN6O2S2/c20-12-9-5-4-8-11(12)15-23-24-18(28-15)26-14-13(30-17(21)22-14)16(27)25(19(26)29)10-6-2-1-3-7-10/h1-9H,(H2,21,22). The summed E-state index contributed by atoms with van der Waals surface area (Å²) < 4.78 is 9.14. The number of aromatic nitrogens is 5. The smallest absolute Gasteiger partial charge is 0.330 e. The molecule has 3 heterocycles. The van der Waals surface area contributed by atoms with Gasteiger partial charge >= 0.3 is 6.01 Å². The summed E-state index contributed by atoms with van der Waals surface area (Å²) in [5, 5.41) is 8.90. The van der Waals surface area contributed by atoms with Crippen molar-refractivity contribution in [1.82, 2.24) is 24.3 Å². The predicted octanol–water partition coefficient (Wildman–Crippen LogP) is 4.25. The molecule has 0 aliphatic carbocycles. The first-order chi connectivity index (χ1) is 14.5. The Hall–Kier alpha value is -3.34. The maximum Gasteiger partial charge on any atom is 0.330 e. The molecular weight excluding hydrogens is 444 g/mol. The summed E-state index contributed by atoms with van der Waals surface area (Å²) >= 11 is 12.9. The molecule has 0 spiro atoms. The van der Waals surface area contributed by atoms with Gasteiger partial charge in [0.25, 0.3) is 11.4 Å². The number of fused-ring (bicyclic) bond motifs is 1. The van der Waals surface area contributed by atoms with Crippen molar-refractivity contribution in [2.75, 3.05) is 5.73 Å². The quantitative estimate of drug-likeness (QED) is 0.406. The van der Waals surface area contributed by atoms with Crippen LogP contribution < -0.4 is 11.3 Å². The second-order valence-electron chi connectivity index (χ2n) is 6.17. The summed E-state index contributed by atoms with van der Waals surface area (Å²) in [6, 6.07) is 16.2. The van der Waals surface area contributed by atoms with Crippen LogP contribution >= 0.6 is 35.2 Å². The number of hydrogen-bond donors (Lipinski definition) is 1. The van der Waals surface area contributed by atoms with Gasteiger partial charge in [0, 0.05) is 0 Å². The normalized spacial score (nSPS) is 11.2. The Morgan fingerprint density at radius 3 is 2.53 bits per heavy atom. The number of nitrogen functional groups attached to an aromatic ring is 1. The zero-order valence-corrected chi connectivity index (χ0v) is 17.4. The maximum absolute atomic E-state index is 13.1. The number of nitrogens with two attached hydrogens (primary N) is 1. The Morgan fingerprint density at radius 1 is 1.03 bits per heavy atom. The van der Waals surface area contributed by atoms with Crippen LogP contribution in [-0.2, 0) is 0 Å². The van der Waals surface area contributed by atoms with E-state index in [9.17, 15) is 4.79 Å². The van der Waals surface area contributed by atoms with E-state index in [1.807, 2.05) is 24.3 Å². The van der Waals surface area contributed by atoms with Crippen LogP contribution in [0.1, 0.15) is 0 Å². The number of benzene rings is 2. The Balaban J connectivity index is 1.81. The summed E-state index contributed by atoms with van der Waals surface area (Å²) in [6.45, 7) is 0. The zero-order chi connectivity index (χ0) is 20.8. The number of thiazole rings is 1. The van der Waals surface area contributed by atoms with Gasteiger partial charge in [-0.25, -0.2) is 9.55 Å². The highest BCUT2D eigenvalue weighted by atomic mass is 35.5. The third-order valence-electron chi connectivity index (χ3n) is 4.34. The molecule has 148 valence electrons. The molecule has 0 aliphatic rings. The minimum atomic E-state index is -0.322. The first-order valence-electron chi connectivity index (χ1n) is 8.63. The van der Waals surface area contributed by atoms with Gasteiger partial charge in [-0.05, 0) is 36.5 Å². The lowest BCUT2D eigenvalue weighted by Crippen LogP contribution is -2.23. The van der Waals surface area contributed by atoms with Gasteiger partial charge in [0.15, 0.2) is 15.5 Å². The summed E-state index contributed by atoms with van der Waals surface area (Å²) in [4.78, 5) is 17.4. The Kier molecular flexibility index (Phi) is 4.46. The van der Waals surface area contributed by atoms with Crippen LogP contribution in [0.5, 0.6) is 0 Å². The molecule has 30 heavy (non-hydrogen) atoms. The van der Waals surface area contributed by atoms with Crippen LogP contribution in [-0.4, -0.2) is 24.3 Å². The molecular formula is C19H11ClN6O2S2. The molecule has 0 amide bonds. The van der Waals surface area contributed by atoms with E-state index in [4.69, 9.17) is 34.0 Å². The first-order valence-corrected chi connectivity index (χ1v) is 10.2. The molecule has 5 rings (SSSR count). The molecule has 8 nitrogen and oxygen atoms in total. The molecule has 0 unspecified atom stereocenters. The molecule has 2 N–H and O–H groups in total. The van der Waals surface area contributed by atoms with Crippen molar-refractivity contribution in [3.63, 3.8) is 0 Å². The highest BCUT2D eigenvalue weighted by Crippen LogP contribution is 2.29. The van der Waals surface area contributed by atoms with Crippen LogP contribution in [0.4, 0.5) is 5.13 Å². The molecule has 0 atom stereocenters. The monoisotopic (exact) mass is 454 g/mol. The second kappa shape index (κ2) is 7.17. The molecule has 11 heteroatoms. The van der Waals surface area contributed by atoms with Crippen molar-refractivity contribution >= 4 is 50.6 Å². The summed E-state index contributed by atoms with van der Waals surface area (Å²) in [5.74, 6) is 0.214. The van der Waals surface area contributed by atoms with E-state index in [-0.39, 0.29) is 33.0 Å². The summed E-state index contributed by atoms with van der Waals surface area (Å²) in [6.07, 6.45) is 0. The van der Waals surface area contributed by atoms with E-state index >= 15 is 0 Å². The maximum atomic E-state index is 13.1. The molecule has 2 aromatic carbocycles. The van der Waals surface area contributed by atoms with Gasteiger partial charge < -0.3 is 10.2 Å². The van der Waals surface area contributed by atoms with Crippen molar-refractivity contribution < 1.29 is 4.42 Å². The highest BCUT2D eigenvalue weighted by Gasteiger charge is 2.21. The van der Waals surface area contributed by atoms with Gasteiger partial charge in [-0.15, -0.1) is 5.10 Å². The lowest BCUT2D eigenvalue weighted by atomic mass is 10.2. The van der Waals surface area contributed by atoms with Crippen molar-refractivity contribution in [1.29, 1.82) is 0 Å². The number of halogens is 1. The summed E-state index contributed by atoms with van der Waals surface area (Å²) in [7, 11) is 0. The molecule has 0 fully saturated rings. The zero-order valence-electron chi connectivity index (χ0n) is 15.0. The van der Waals surface area contributed by atoms with E-state index in [0.29, 0.717) is 21.0 Å². The topological polar surface area (TPSA) is 105 Å². The molecule has 0 saturated carbocycles. The fourth-order valence-electron chi connectivity index (χ4n) is 3.02. The van der Waals surface area contributed by atoms with Gasteiger partial charge in [0.05, 0.1) is 16.3 Å². The number of rotatable bonds is 3. The summed E-state index contributed by atoms with van der Waals surface area (Å²) in [5.41, 5.74) is 7.00. The van der Waals surface area contributed by atoms with E-state index in [1.165, 1.54) is 9.13 Å². The van der Waals surface area contributed by atoms with E-state index in [0.717, 1.165) is 11.3 Å². The molecule has 0 bridgehead atoms. The molecule has 0 saturated heterocycles. The molecule has 0 aliphatic heterocycles. The number of anilines is 1. The number of hydrogen-bond acceptors (Lipinski definition) is 8. The van der Waals surface area contributed by atoms with E-state index < -0.39 is 0 Å². The fourth-order valence-corrected chi connectivity index (χ4v) is 4.34. The Labute approximate surface area is 182 Å². The average molecular weight is 455 g/mol. The van der Waals surface area contributed by atoms with Crippen molar-refractivity contribution in [3.8, 4) is 23.2 Å². The van der Waals surface area contributed by atoms with Crippen molar-refractivity contribution in [3.05, 3.63) is 74.7 Å². The minimum absolute atomic E-state index is 0.0508. The fraction of sp³-hybridized carbons (Fsp3) is 0. The van der Waals surface area contributed by atoms with Crippen molar-refractivity contribution in [2.24, 2.45) is 0 Å². The van der Waals surface area contributed by atoms with Gasteiger partial charge in [0.1, 0.15) is 4.70 Å². The lowest BCUT2D eigenvalue weighted by molar-refractivity contribution is 0.534. The SMILES string of the molecule is Nc1nc2c(s1)c(=O)n(-c1ccccc1)c(=S)n2-c1nnc(-c2ccccc2Cl)o1. The predicted molar refractivity (Wildman–Crippen MR) is 118 cm³/mol. The molecule has 5 aromatic rings. The molecule has 0 radical (unpaired) electrons. The van der Waals surface area contributed by atoms with Crippen LogP contribution in [0, 0.1) is 4.77 Å². The van der Waals surface area contributed by atoms with E-state index in [1.54, 1.807) is 30.3 Å². The minimum Gasteiger partial charge on any atom is -0.403 e. The number of nitrogens with zero attached hydrogens (tertiary/aromatic N) is 5. The third-order valence-corrected chi connectivity index (χ3v) is 5.90. The second-order valence-corrected chi connectivity index (χ2v) is 7.97. The van der Waals surface area contributed by atoms with Gasteiger partial charge in [-0.1, -0.05) is 58.4 Å². The van der Waals surface area contributed by atoms with Crippen molar-refractivity contribution in [2.45, 2.75) is 0 Å². The Morgan fingerprint density at radius 2 is 1.77 bits per heavy atom. The van der Waals surface area contributed by atoms with Crippen LogP contribution in [0.2, 0.25) is 5.02 Å². The largest absolute Gasteiger partial charge is 0.403 e. The lowest BCUT2D eigenvalue weighted by Gasteiger charge is -2.10. The van der Waals surface area contributed by atoms with E-state index in [2.05, 4.69) is 15.2 Å². The first kappa shape index (κ1) is 18.7. The van der Waals surface area contributed by atoms with Crippen LogP contribution in [0.25, 0.3) is 33.5 Å². The number of para-hydroxylation sites is 1. The Bertz CT molecular complexity index is 1520. The average Bonchev–Trinajstić information content (AvgIpc) is 3.37. The van der Waals surface area contributed by atoms with Gasteiger partial charge in [0.2, 0.25) is 0 Å². The third kappa shape index (κ3) is 2.93. The van der Waals surface area contributed by atoms with Crippen LogP contribution in [0.3, 0.4) is 0 Å². The van der Waals surface area contributed by atoms with Gasteiger partial charge in [-0.2, -0.15) is 0 Å². The molecule has 3 aromatic heterocycles. The van der Waals surface area contributed by atoms with Crippen LogP contribution in [0.15, 0.2) is 63.8 Å². The highest BCUT2D eigenvalue weighted by molar-refractivity contribution is 7.71. The van der Waals surface area contributed by atoms with Gasteiger partial charge in [-0.3, -0.25) is 9.36 Å².